The summed E-state index contributed by atoms with van der Waals surface area (Å²) in [5.41, 5.74) is 2.69. The average Bonchev–Trinajstić information content (AvgIpc) is 3.04. The van der Waals surface area contributed by atoms with Crippen LogP contribution in [0, 0.1) is 5.92 Å². The van der Waals surface area contributed by atoms with Crippen molar-refractivity contribution < 1.29 is 0 Å². The number of halogens is 1. The molecule has 6 heteroatoms. The summed E-state index contributed by atoms with van der Waals surface area (Å²) in [5, 5.41) is 11.9. The maximum atomic E-state index is 4.89. The molecule has 0 radical (unpaired) electrons. The Labute approximate surface area is 175 Å². The van der Waals surface area contributed by atoms with Crippen molar-refractivity contribution in [2.45, 2.75) is 84.2 Å². The molecule has 1 heterocycles. The lowest BCUT2D eigenvalue weighted by Gasteiger charge is -2.25. The van der Waals surface area contributed by atoms with E-state index in [4.69, 9.17) is 10.1 Å². The van der Waals surface area contributed by atoms with E-state index in [1.807, 2.05) is 0 Å². The Hall–Kier alpha value is -0.790. The van der Waals surface area contributed by atoms with Crippen LogP contribution in [0.25, 0.3) is 0 Å². The second-order valence-electron chi connectivity index (χ2n) is 7.98. The maximum Gasteiger partial charge on any atom is 0.191 e. The fourth-order valence-corrected chi connectivity index (χ4v) is 4.00. The molecule has 0 bridgehead atoms. The topological polar surface area (TPSA) is 54.2 Å². The predicted molar refractivity (Wildman–Crippen MR) is 120 cm³/mol. The van der Waals surface area contributed by atoms with Gasteiger partial charge < -0.3 is 10.6 Å². The van der Waals surface area contributed by atoms with E-state index in [-0.39, 0.29) is 24.0 Å². The number of hydrogen-bond acceptors (Lipinski definition) is 2. The van der Waals surface area contributed by atoms with Crippen molar-refractivity contribution >= 4 is 29.9 Å². The summed E-state index contributed by atoms with van der Waals surface area (Å²) in [6, 6.07) is 0.874. The van der Waals surface area contributed by atoms with Crippen LogP contribution in [0.2, 0.25) is 0 Å². The molecule has 2 aliphatic carbocycles. The largest absolute Gasteiger partial charge is 0.357 e. The summed E-state index contributed by atoms with van der Waals surface area (Å²) in [5.74, 6) is 1.77. The summed E-state index contributed by atoms with van der Waals surface area (Å²) in [7, 11) is 0. The zero-order chi connectivity index (χ0) is 17.6. The van der Waals surface area contributed by atoms with E-state index in [0.29, 0.717) is 12.1 Å². The number of nitrogens with zero attached hydrogens (tertiary/aromatic N) is 3. The van der Waals surface area contributed by atoms with Crippen molar-refractivity contribution in [3.05, 3.63) is 17.5 Å². The highest BCUT2D eigenvalue weighted by Crippen LogP contribution is 2.24. The summed E-state index contributed by atoms with van der Waals surface area (Å²) < 4.78 is 2.11. The molecule has 2 aliphatic rings. The van der Waals surface area contributed by atoms with E-state index in [9.17, 15) is 0 Å². The zero-order valence-corrected chi connectivity index (χ0v) is 19.0. The van der Waals surface area contributed by atoms with Crippen molar-refractivity contribution in [3.8, 4) is 0 Å². The molecule has 26 heavy (non-hydrogen) atoms. The first-order valence-electron chi connectivity index (χ1n) is 10.3. The lowest BCUT2D eigenvalue weighted by molar-refractivity contribution is 0.366. The Morgan fingerprint density at radius 1 is 1.27 bits per heavy atom. The Kier molecular flexibility index (Phi) is 8.70. The predicted octanol–water partition coefficient (Wildman–Crippen LogP) is 4.07. The number of aryl methyl sites for hydroxylation is 1. The molecule has 1 saturated carbocycles. The number of aromatic nitrogens is 2. The first-order chi connectivity index (χ1) is 12.2. The highest BCUT2D eigenvalue weighted by atomic mass is 127. The Bertz CT molecular complexity index is 575. The van der Waals surface area contributed by atoms with Gasteiger partial charge in [-0.15, -0.1) is 24.0 Å². The molecule has 2 N–H and O–H groups in total. The van der Waals surface area contributed by atoms with Crippen LogP contribution < -0.4 is 10.6 Å². The quantitative estimate of drug-likeness (QED) is 0.385. The van der Waals surface area contributed by atoms with Crippen molar-refractivity contribution in [2.75, 3.05) is 13.1 Å². The van der Waals surface area contributed by atoms with Gasteiger partial charge in [0.1, 0.15) is 0 Å². The minimum Gasteiger partial charge on any atom is -0.357 e. The van der Waals surface area contributed by atoms with Crippen molar-refractivity contribution in [3.63, 3.8) is 0 Å². The van der Waals surface area contributed by atoms with Gasteiger partial charge in [-0.25, -0.2) is 0 Å². The van der Waals surface area contributed by atoms with Crippen LogP contribution in [-0.2, 0) is 12.8 Å². The van der Waals surface area contributed by atoms with Crippen LogP contribution in [0.3, 0.4) is 0 Å². The Balaban J connectivity index is 0.00000243. The highest BCUT2D eigenvalue weighted by Gasteiger charge is 2.23. The normalized spacial score (nSPS) is 21.2. The molecule has 1 aromatic heterocycles. The third-order valence-corrected chi connectivity index (χ3v) is 5.54. The van der Waals surface area contributed by atoms with Crippen LogP contribution in [0.15, 0.2) is 11.2 Å². The zero-order valence-electron chi connectivity index (χ0n) is 16.6. The van der Waals surface area contributed by atoms with Gasteiger partial charge in [-0.05, 0) is 57.9 Å². The molecule has 0 amide bonds. The molecule has 1 fully saturated rings. The fourth-order valence-electron chi connectivity index (χ4n) is 4.00. The molecule has 1 atom stereocenters. The summed E-state index contributed by atoms with van der Waals surface area (Å²) in [4.78, 5) is 4.89. The lowest BCUT2D eigenvalue weighted by Crippen LogP contribution is -2.46. The molecule has 3 rings (SSSR count). The number of nitrogens with one attached hydrogen (secondary N) is 2. The fraction of sp³-hybridized carbons (Fsp3) is 0.800. The molecule has 0 saturated heterocycles. The monoisotopic (exact) mass is 473 g/mol. The maximum absolute atomic E-state index is 4.89. The van der Waals surface area contributed by atoms with Gasteiger partial charge in [0.25, 0.3) is 0 Å². The Morgan fingerprint density at radius 2 is 2.04 bits per heavy atom. The van der Waals surface area contributed by atoms with E-state index in [0.717, 1.165) is 44.2 Å². The Morgan fingerprint density at radius 3 is 2.73 bits per heavy atom. The number of rotatable bonds is 5. The van der Waals surface area contributed by atoms with Gasteiger partial charge in [0.05, 0.1) is 5.69 Å². The van der Waals surface area contributed by atoms with E-state index >= 15 is 0 Å². The van der Waals surface area contributed by atoms with Crippen molar-refractivity contribution in [2.24, 2.45) is 10.9 Å². The minimum atomic E-state index is 0. The van der Waals surface area contributed by atoms with Crippen LogP contribution in [0.4, 0.5) is 0 Å². The molecule has 0 aliphatic heterocycles. The first kappa shape index (κ1) is 21.5. The van der Waals surface area contributed by atoms with Gasteiger partial charge in [-0.3, -0.25) is 9.67 Å². The molecule has 0 aromatic carbocycles. The first-order valence-corrected chi connectivity index (χ1v) is 10.3. The number of hydrogen-bond donors (Lipinski definition) is 2. The van der Waals surface area contributed by atoms with Crippen molar-refractivity contribution in [1.82, 2.24) is 20.4 Å². The van der Waals surface area contributed by atoms with Crippen LogP contribution in [-0.4, -0.2) is 34.9 Å². The second-order valence-corrected chi connectivity index (χ2v) is 7.98. The molecular weight excluding hydrogens is 437 g/mol. The van der Waals surface area contributed by atoms with E-state index in [1.54, 1.807) is 0 Å². The standard InChI is InChI=1S/C20H35N5.HI/c1-4-21-20(22-13-16-8-6-5-7-9-16)23-18-11-10-17-14-25(15(2)3)24-19(17)12-18;/h14-16,18H,4-13H2,1-3H3,(H2,21,22,23);1H. The SMILES string of the molecule is CCNC(=NCC1CCCCC1)NC1CCc2cn(C(C)C)nc2C1.I. The van der Waals surface area contributed by atoms with Gasteiger partial charge in [0.2, 0.25) is 0 Å². The minimum absolute atomic E-state index is 0. The summed E-state index contributed by atoms with van der Waals surface area (Å²) in [6.07, 6.45) is 12.4. The summed E-state index contributed by atoms with van der Waals surface area (Å²) in [6.45, 7) is 8.40. The van der Waals surface area contributed by atoms with Gasteiger partial charge in [-0.2, -0.15) is 5.10 Å². The van der Waals surface area contributed by atoms with Gasteiger partial charge in [0, 0.05) is 37.8 Å². The van der Waals surface area contributed by atoms with E-state index in [2.05, 4.69) is 42.3 Å². The van der Waals surface area contributed by atoms with E-state index in [1.165, 1.54) is 43.4 Å². The molecule has 1 aromatic rings. The third-order valence-electron chi connectivity index (χ3n) is 5.54. The molecule has 5 nitrogen and oxygen atoms in total. The van der Waals surface area contributed by atoms with E-state index < -0.39 is 0 Å². The van der Waals surface area contributed by atoms with Gasteiger partial charge in [-0.1, -0.05) is 19.3 Å². The smallest absolute Gasteiger partial charge is 0.191 e. The van der Waals surface area contributed by atoms with Gasteiger partial charge in [0.15, 0.2) is 5.96 Å². The van der Waals surface area contributed by atoms with Crippen LogP contribution in [0.1, 0.15) is 76.6 Å². The molecule has 148 valence electrons. The van der Waals surface area contributed by atoms with Crippen LogP contribution in [0.5, 0.6) is 0 Å². The number of aliphatic imine (C=N–C) groups is 1. The van der Waals surface area contributed by atoms with Crippen LogP contribution >= 0.6 is 24.0 Å². The molecule has 1 unspecified atom stereocenters. The third kappa shape index (κ3) is 5.86. The lowest BCUT2D eigenvalue weighted by atomic mass is 9.89. The number of guanidine groups is 1. The molecule has 0 spiro atoms. The van der Waals surface area contributed by atoms with Crippen molar-refractivity contribution in [1.29, 1.82) is 0 Å². The summed E-state index contributed by atoms with van der Waals surface area (Å²) >= 11 is 0. The highest BCUT2D eigenvalue weighted by molar-refractivity contribution is 14.0. The van der Waals surface area contributed by atoms with Gasteiger partial charge >= 0.3 is 0 Å². The average molecular weight is 473 g/mol. The molecular formula is C20H36IN5. The number of fused-ring (bicyclic) bond motifs is 1. The second kappa shape index (κ2) is 10.5.